The van der Waals surface area contributed by atoms with Crippen LogP contribution in [-0.2, 0) is 7.05 Å². The monoisotopic (exact) mass is 182 g/mol. The molecule has 0 amide bonds. The molecule has 1 heterocycles. The quantitative estimate of drug-likeness (QED) is 0.659. The molecule has 2 aromatic rings. The van der Waals surface area contributed by atoms with Crippen molar-refractivity contribution in [2.75, 3.05) is 0 Å². The minimum absolute atomic E-state index is 0.0262. The zero-order chi connectivity index (χ0) is 8.72. The lowest BCUT2D eigenvalue weighted by Crippen LogP contribution is -2.10. The molecule has 12 heavy (non-hydrogen) atoms. The van der Waals surface area contributed by atoms with Gasteiger partial charge in [0, 0.05) is 12.1 Å². The van der Waals surface area contributed by atoms with Crippen LogP contribution in [0.15, 0.2) is 23.0 Å². The van der Waals surface area contributed by atoms with Crippen LogP contribution >= 0.6 is 11.6 Å². The number of H-pyrrole nitrogens is 1. The van der Waals surface area contributed by atoms with E-state index in [2.05, 4.69) is 5.10 Å². The molecule has 0 aliphatic carbocycles. The Hall–Kier alpha value is -1.22. The van der Waals surface area contributed by atoms with Gasteiger partial charge in [0.15, 0.2) is 0 Å². The van der Waals surface area contributed by atoms with Crippen LogP contribution in [0, 0.1) is 0 Å². The summed E-state index contributed by atoms with van der Waals surface area (Å²) in [5, 5.41) is 4.18. The first-order chi connectivity index (χ1) is 5.68. The molecular weight excluding hydrogens is 176 g/mol. The van der Waals surface area contributed by atoms with E-state index >= 15 is 0 Å². The van der Waals surface area contributed by atoms with Crippen LogP contribution in [0.2, 0.25) is 5.02 Å². The summed E-state index contributed by atoms with van der Waals surface area (Å²) >= 11 is 5.75. The highest BCUT2D eigenvalue weighted by Crippen LogP contribution is 2.14. The fraction of sp³-hybridized carbons (Fsp3) is 0.125. The molecule has 4 heteroatoms. The Morgan fingerprint density at radius 1 is 1.50 bits per heavy atom. The maximum Gasteiger partial charge on any atom is 0.274 e. The second kappa shape index (κ2) is 2.38. The Morgan fingerprint density at radius 3 is 3.00 bits per heavy atom. The van der Waals surface area contributed by atoms with Gasteiger partial charge in [-0.05, 0) is 18.2 Å². The molecule has 1 N–H and O–H groups in total. The summed E-state index contributed by atoms with van der Waals surface area (Å²) in [5.74, 6) is 0. The van der Waals surface area contributed by atoms with E-state index in [0.29, 0.717) is 10.4 Å². The van der Waals surface area contributed by atoms with Crippen LogP contribution in [0.3, 0.4) is 0 Å². The average Bonchev–Trinajstić information content (AvgIpc) is 2.28. The Kier molecular flexibility index (Phi) is 1.48. The molecule has 1 aromatic heterocycles. The molecule has 0 aliphatic rings. The molecule has 3 nitrogen and oxygen atoms in total. The number of aromatic amines is 1. The molecule has 0 bridgehead atoms. The number of nitrogens with zero attached hydrogens (tertiary/aromatic N) is 1. The van der Waals surface area contributed by atoms with E-state index in [0.717, 1.165) is 5.52 Å². The number of nitrogens with one attached hydrogen (secondary N) is 1. The molecule has 0 unspecified atom stereocenters. The van der Waals surface area contributed by atoms with Crippen molar-refractivity contribution in [1.82, 2.24) is 9.78 Å². The van der Waals surface area contributed by atoms with E-state index in [1.54, 1.807) is 25.2 Å². The largest absolute Gasteiger partial charge is 0.295 e. The van der Waals surface area contributed by atoms with Gasteiger partial charge in [0.2, 0.25) is 0 Å². The lowest BCUT2D eigenvalue weighted by molar-refractivity contribution is 0.751. The molecule has 0 radical (unpaired) electrons. The van der Waals surface area contributed by atoms with Gasteiger partial charge in [0.05, 0.1) is 10.9 Å². The number of halogens is 1. The zero-order valence-corrected chi connectivity index (χ0v) is 7.22. The predicted octanol–water partition coefficient (Wildman–Crippen LogP) is 1.52. The van der Waals surface area contributed by atoms with Gasteiger partial charge in [0.25, 0.3) is 5.56 Å². The summed E-state index contributed by atoms with van der Waals surface area (Å²) in [6.45, 7) is 0. The maximum atomic E-state index is 11.3. The summed E-state index contributed by atoms with van der Waals surface area (Å²) in [4.78, 5) is 11.3. The van der Waals surface area contributed by atoms with Gasteiger partial charge in [-0.3, -0.25) is 14.6 Å². The van der Waals surface area contributed by atoms with Crippen molar-refractivity contribution in [1.29, 1.82) is 0 Å². The molecule has 62 valence electrons. The molecule has 2 rings (SSSR count). The minimum atomic E-state index is -0.0262. The summed E-state index contributed by atoms with van der Waals surface area (Å²) in [6.07, 6.45) is 0. The first-order valence-corrected chi connectivity index (χ1v) is 3.90. The molecule has 0 aliphatic heterocycles. The van der Waals surface area contributed by atoms with Gasteiger partial charge in [-0.25, -0.2) is 0 Å². The molecular formula is C8H7ClN2O. The molecule has 0 saturated heterocycles. The molecule has 0 spiro atoms. The van der Waals surface area contributed by atoms with Crippen LogP contribution in [0.25, 0.3) is 10.9 Å². The standard InChI is InChI=1S/C8H7ClN2O/c1-11-8(12)6-3-2-5(9)4-7(6)10-11/h2-4,10H,1H3. The number of hydrogen-bond donors (Lipinski definition) is 1. The first kappa shape index (κ1) is 7.43. The minimum Gasteiger partial charge on any atom is -0.295 e. The van der Waals surface area contributed by atoms with E-state index < -0.39 is 0 Å². The maximum absolute atomic E-state index is 11.3. The lowest BCUT2D eigenvalue weighted by atomic mass is 10.2. The zero-order valence-electron chi connectivity index (χ0n) is 6.47. The Bertz CT molecular complexity index is 483. The van der Waals surface area contributed by atoms with Gasteiger partial charge >= 0.3 is 0 Å². The summed E-state index contributed by atoms with van der Waals surface area (Å²) in [6, 6.07) is 5.16. The second-order valence-corrected chi connectivity index (χ2v) is 3.10. The number of aromatic nitrogens is 2. The third-order valence-corrected chi connectivity index (χ3v) is 2.04. The Balaban J connectivity index is 2.97. The normalized spacial score (nSPS) is 10.8. The fourth-order valence-corrected chi connectivity index (χ4v) is 1.38. The number of benzene rings is 1. The smallest absolute Gasteiger partial charge is 0.274 e. The Morgan fingerprint density at radius 2 is 2.25 bits per heavy atom. The van der Waals surface area contributed by atoms with Gasteiger partial charge in [-0.15, -0.1) is 0 Å². The highest BCUT2D eigenvalue weighted by atomic mass is 35.5. The highest BCUT2D eigenvalue weighted by Gasteiger charge is 2.02. The van der Waals surface area contributed by atoms with Crippen LogP contribution in [0.1, 0.15) is 0 Å². The van der Waals surface area contributed by atoms with Gasteiger partial charge in [0.1, 0.15) is 0 Å². The summed E-state index contributed by atoms with van der Waals surface area (Å²) in [5.41, 5.74) is 0.747. The van der Waals surface area contributed by atoms with Crippen molar-refractivity contribution in [2.45, 2.75) is 0 Å². The molecule has 1 aromatic carbocycles. The van der Waals surface area contributed by atoms with E-state index in [9.17, 15) is 4.79 Å². The van der Waals surface area contributed by atoms with Gasteiger partial charge in [-0.1, -0.05) is 11.6 Å². The van der Waals surface area contributed by atoms with E-state index in [1.807, 2.05) is 0 Å². The van der Waals surface area contributed by atoms with Crippen molar-refractivity contribution in [2.24, 2.45) is 7.05 Å². The predicted molar refractivity (Wildman–Crippen MR) is 48.5 cm³/mol. The van der Waals surface area contributed by atoms with Crippen LogP contribution in [-0.4, -0.2) is 9.78 Å². The molecule has 0 atom stereocenters. The van der Waals surface area contributed by atoms with Gasteiger partial charge < -0.3 is 0 Å². The van der Waals surface area contributed by atoms with E-state index in [4.69, 9.17) is 11.6 Å². The SMILES string of the molecule is Cn1[nH]c2cc(Cl)ccc2c1=O. The Labute approximate surface area is 73.6 Å². The van der Waals surface area contributed by atoms with Crippen molar-refractivity contribution in [3.05, 3.63) is 33.6 Å². The van der Waals surface area contributed by atoms with E-state index in [-0.39, 0.29) is 5.56 Å². The van der Waals surface area contributed by atoms with Crippen LogP contribution < -0.4 is 5.56 Å². The third kappa shape index (κ3) is 0.940. The topological polar surface area (TPSA) is 37.8 Å². The van der Waals surface area contributed by atoms with Crippen molar-refractivity contribution >= 4 is 22.5 Å². The van der Waals surface area contributed by atoms with Crippen molar-refractivity contribution < 1.29 is 0 Å². The number of hydrogen-bond acceptors (Lipinski definition) is 1. The number of fused-ring (bicyclic) bond motifs is 1. The first-order valence-electron chi connectivity index (χ1n) is 3.53. The molecule has 0 saturated carbocycles. The van der Waals surface area contributed by atoms with Crippen LogP contribution in [0.4, 0.5) is 0 Å². The van der Waals surface area contributed by atoms with Crippen molar-refractivity contribution in [3.8, 4) is 0 Å². The van der Waals surface area contributed by atoms with Crippen molar-refractivity contribution in [3.63, 3.8) is 0 Å². The lowest BCUT2D eigenvalue weighted by Gasteiger charge is -1.87. The van der Waals surface area contributed by atoms with E-state index in [1.165, 1.54) is 4.68 Å². The average molecular weight is 183 g/mol. The molecule has 0 fully saturated rings. The van der Waals surface area contributed by atoms with Crippen LogP contribution in [0.5, 0.6) is 0 Å². The highest BCUT2D eigenvalue weighted by molar-refractivity contribution is 6.31. The summed E-state index contributed by atoms with van der Waals surface area (Å²) < 4.78 is 1.43. The second-order valence-electron chi connectivity index (χ2n) is 2.67. The number of rotatable bonds is 0. The fourth-order valence-electron chi connectivity index (χ4n) is 1.21. The third-order valence-electron chi connectivity index (χ3n) is 1.80. The number of aryl methyl sites for hydroxylation is 1. The summed E-state index contributed by atoms with van der Waals surface area (Å²) in [7, 11) is 1.68. The van der Waals surface area contributed by atoms with Gasteiger partial charge in [-0.2, -0.15) is 0 Å².